The van der Waals surface area contributed by atoms with E-state index in [1.807, 2.05) is 20.8 Å². The summed E-state index contributed by atoms with van der Waals surface area (Å²) in [6.07, 6.45) is 1.40. The van der Waals surface area contributed by atoms with Gasteiger partial charge in [0, 0.05) is 11.1 Å². The van der Waals surface area contributed by atoms with Gasteiger partial charge in [-0.25, -0.2) is 17.6 Å². The maximum Gasteiger partial charge on any atom is 0.129 e. The maximum atomic E-state index is 14.4. The Bertz CT molecular complexity index is 749. The van der Waals surface area contributed by atoms with Gasteiger partial charge in [-0.3, -0.25) is 0 Å². The summed E-state index contributed by atoms with van der Waals surface area (Å²) in [6.45, 7) is 9.15. The van der Waals surface area contributed by atoms with Crippen LogP contribution in [-0.2, 0) is 6.42 Å². The van der Waals surface area contributed by atoms with Crippen molar-refractivity contribution in [3.05, 3.63) is 69.8 Å². The summed E-state index contributed by atoms with van der Waals surface area (Å²) in [5.74, 6) is -2.50. The Hall–Kier alpha value is -1.84. The van der Waals surface area contributed by atoms with Crippen molar-refractivity contribution in [2.45, 2.75) is 71.6 Å². The van der Waals surface area contributed by atoms with Crippen molar-refractivity contribution in [1.29, 1.82) is 0 Å². The van der Waals surface area contributed by atoms with Crippen LogP contribution in [0.1, 0.15) is 87.5 Å². The minimum absolute atomic E-state index is 0.0502. The van der Waals surface area contributed by atoms with Crippen LogP contribution in [0, 0.1) is 23.3 Å². The summed E-state index contributed by atoms with van der Waals surface area (Å²) in [6, 6.07) is 5.54. The molecule has 0 aromatic heterocycles. The maximum absolute atomic E-state index is 14.4. The fraction of sp³-hybridized carbons (Fsp3) is 0.478. The zero-order valence-electron chi connectivity index (χ0n) is 16.7. The Kier molecular flexibility index (Phi) is 7.07. The summed E-state index contributed by atoms with van der Waals surface area (Å²) in [5.41, 5.74) is 1.39. The van der Waals surface area contributed by atoms with Gasteiger partial charge in [0.25, 0.3) is 0 Å². The van der Waals surface area contributed by atoms with Crippen LogP contribution in [0.2, 0.25) is 0 Å². The summed E-state index contributed by atoms with van der Waals surface area (Å²) >= 11 is 0. The zero-order chi connectivity index (χ0) is 20.3. The molecule has 2 unspecified atom stereocenters. The quantitative estimate of drug-likeness (QED) is 0.433. The lowest BCUT2D eigenvalue weighted by Gasteiger charge is -2.19. The standard InChI is InChI=1S/C23H28F4/c1-6-18-19(24)11-17(12-20(18)25)14(4)7-8-15(5)23-21(26)9-16(13(2)3)10-22(23)27/h9-15H,6-8H2,1-5H3. The van der Waals surface area contributed by atoms with E-state index in [0.717, 1.165) is 0 Å². The average molecular weight is 380 g/mol. The minimum Gasteiger partial charge on any atom is -0.207 e. The normalized spacial score (nSPS) is 13.9. The van der Waals surface area contributed by atoms with E-state index in [2.05, 4.69) is 0 Å². The van der Waals surface area contributed by atoms with Crippen molar-refractivity contribution in [3.8, 4) is 0 Å². The fourth-order valence-corrected chi connectivity index (χ4v) is 3.46. The fourth-order valence-electron chi connectivity index (χ4n) is 3.46. The highest BCUT2D eigenvalue weighted by Gasteiger charge is 2.20. The van der Waals surface area contributed by atoms with Crippen LogP contribution in [0.25, 0.3) is 0 Å². The Morgan fingerprint density at radius 2 is 1.11 bits per heavy atom. The Morgan fingerprint density at radius 3 is 1.56 bits per heavy atom. The lowest BCUT2D eigenvalue weighted by molar-refractivity contribution is 0.495. The molecule has 0 spiro atoms. The second-order valence-corrected chi connectivity index (χ2v) is 7.75. The van der Waals surface area contributed by atoms with Crippen LogP contribution in [0.3, 0.4) is 0 Å². The molecule has 0 heterocycles. The van der Waals surface area contributed by atoms with E-state index >= 15 is 0 Å². The molecule has 0 nitrogen and oxygen atoms in total. The van der Waals surface area contributed by atoms with E-state index in [4.69, 9.17) is 0 Å². The number of halogens is 4. The molecule has 0 N–H and O–H groups in total. The molecule has 0 radical (unpaired) electrons. The smallest absolute Gasteiger partial charge is 0.129 e. The van der Waals surface area contributed by atoms with Crippen LogP contribution in [0.4, 0.5) is 17.6 Å². The van der Waals surface area contributed by atoms with Crippen molar-refractivity contribution < 1.29 is 17.6 Å². The molecule has 0 bridgehead atoms. The lowest BCUT2D eigenvalue weighted by Crippen LogP contribution is -2.06. The third-order valence-electron chi connectivity index (χ3n) is 5.38. The second kappa shape index (κ2) is 8.90. The number of rotatable bonds is 7. The molecule has 0 aliphatic rings. The van der Waals surface area contributed by atoms with Gasteiger partial charge < -0.3 is 0 Å². The summed E-state index contributed by atoms with van der Waals surface area (Å²) in [7, 11) is 0. The molecule has 27 heavy (non-hydrogen) atoms. The molecule has 0 aliphatic carbocycles. The molecule has 0 fully saturated rings. The molecule has 0 saturated heterocycles. The van der Waals surface area contributed by atoms with E-state index in [9.17, 15) is 17.6 Å². The topological polar surface area (TPSA) is 0 Å². The summed E-state index contributed by atoms with van der Waals surface area (Å²) in [4.78, 5) is 0. The van der Waals surface area contributed by atoms with Gasteiger partial charge in [-0.15, -0.1) is 0 Å². The molecule has 148 valence electrons. The molecule has 2 rings (SSSR count). The van der Waals surface area contributed by atoms with Crippen molar-refractivity contribution in [2.75, 3.05) is 0 Å². The van der Waals surface area contributed by atoms with Gasteiger partial charge in [-0.05, 0) is 72.4 Å². The molecular formula is C23H28F4. The number of hydrogen-bond donors (Lipinski definition) is 0. The van der Waals surface area contributed by atoms with Crippen molar-refractivity contribution in [1.82, 2.24) is 0 Å². The van der Waals surface area contributed by atoms with Crippen molar-refractivity contribution in [2.24, 2.45) is 0 Å². The van der Waals surface area contributed by atoms with Crippen LogP contribution in [-0.4, -0.2) is 0 Å². The van der Waals surface area contributed by atoms with Crippen molar-refractivity contribution >= 4 is 0 Å². The van der Waals surface area contributed by atoms with Crippen LogP contribution < -0.4 is 0 Å². The molecular weight excluding hydrogens is 352 g/mol. The van der Waals surface area contributed by atoms with Gasteiger partial charge in [0.05, 0.1) is 0 Å². The zero-order valence-corrected chi connectivity index (χ0v) is 16.7. The SMILES string of the molecule is CCc1c(F)cc(C(C)CCC(C)c2c(F)cc(C(C)C)cc2F)cc1F. The van der Waals surface area contributed by atoms with E-state index in [-0.39, 0.29) is 28.9 Å². The third-order valence-corrected chi connectivity index (χ3v) is 5.38. The summed E-state index contributed by atoms with van der Waals surface area (Å²) < 4.78 is 56.8. The Balaban J connectivity index is 2.13. The van der Waals surface area contributed by atoms with E-state index in [0.29, 0.717) is 30.4 Å². The molecule has 2 aromatic carbocycles. The highest BCUT2D eigenvalue weighted by atomic mass is 19.1. The molecule has 2 atom stereocenters. The Morgan fingerprint density at radius 1 is 0.667 bits per heavy atom. The van der Waals surface area contributed by atoms with Gasteiger partial charge in [0.2, 0.25) is 0 Å². The summed E-state index contributed by atoms with van der Waals surface area (Å²) in [5, 5.41) is 0. The predicted molar refractivity (Wildman–Crippen MR) is 102 cm³/mol. The van der Waals surface area contributed by atoms with E-state index in [1.165, 1.54) is 24.3 Å². The first-order chi connectivity index (χ1) is 12.6. The van der Waals surface area contributed by atoms with Gasteiger partial charge >= 0.3 is 0 Å². The van der Waals surface area contributed by atoms with Gasteiger partial charge in [-0.2, -0.15) is 0 Å². The number of benzene rings is 2. The third kappa shape index (κ3) is 4.91. The van der Waals surface area contributed by atoms with E-state index in [1.54, 1.807) is 13.8 Å². The highest BCUT2D eigenvalue weighted by molar-refractivity contribution is 5.31. The molecule has 0 amide bonds. The van der Waals surface area contributed by atoms with Crippen LogP contribution in [0.15, 0.2) is 24.3 Å². The average Bonchev–Trinajstić information content (AvgIpc) is 2.58. The van der Waals surface area contributed by atoms with Gasteiger partial charge in [0.15, 0.2) is 0 Å². The second-order valence-electron chi connectivity index (χ2n) is 7.75. The monoisotopic (exact) mass is 380 g/mol. The molecule has 0 aliphatic heterocycles. The molecule has 4 heteroatoms. The number of hydrogen-bond acceptors (Lipinski definition) is 0. The largest absolute Gasteiger partial charge is 0.207 e. The first-order valence-corrected chi connectivity index (χ1v) is 9.62. The molecule has 0 saturated carbocycles. The van der Waals surface area contributed by atoms with Crippen LogP contribution >= 0.6 is 0 Å². The highest BCUT2D eigenvalue weighted by Crippen LogP contribution is 2.33. The van der Waals surface area contributed by atoms with E-state index < -0.39 is 23.3 Å². The lowest BCUT2D eigenvalue weighted by atomic mass is 9.87. The Labute approximate surface area is 159 Å². The van der Waals surface area contributed by atoms with Gasteiger partial charge in [0.1, 0.15) is 23.3 Å². The predicted octanol–water partition coefficient (Wildman–Crippen LogP) is 7.62. The first-order valence-electron chi connectivity index (χ1n) is 9.62. The van der Waals surface area contributed by atoms with Gasteiger partial charge in [-0.1, -0.05) is 34.6 Å². The minimum atomic E-state index is -0.534. The molecule has 2 aromatic rings. The van der Waals surface area contributed by atoms with Crippen molar-refractivity contribution in [3.63, 3.8) is 0 Å². The van der Waals surface area contributed by atoms with Crippen LogP contribution in [0.5, 0.6) is 0 Å². The first kappa shape index (κ1) is 21.5.